The average Bonchev–Trinajstić information content (AvgIpc) is 3.31. The van der Waals surface area contributed by atoms with E-state index in [1.165, 1.54) is 15.0 Å². The fourth-order valence-corrected chi connectivity index (χ4v) is 4.38. The molecule has 2 N–H and O–H groups in total. The van der Waals surface area contributed by atoms with Crippen molar-refractivity contribution in [3.05, 3.63) is 76.6 Å². The Hall–Kier alpha value is -3.18. The maximum absolute atomic E-state index is 12.0. The third-order valence-electron chi connectivity index (χ3n) is 4.76. The van der Waals surface area contributed by atoms with Crippen molar-refractivity contribution in [2.24, 2.45) is 0 Å². The van der Waals surface area contributed by atoms with Crippen LogP contribution in [0.2, 0.25) is 0 Å². The molecule has 27 heavy (non-hydrogen) atoms. The highest BCUT2D eigenvalue weighted by molar-refractivity contribution is 7.19. The minimum Gasteiger partial charge on any atom is -0.358 e. The van der Waals surface area contributed by atoms with E-state index in [0.29, 0.717) is 6.54 Å². The van der Waals surface area contributed by atoms with Crippen LogP contribution in [0, 0.1) is 0 Å². The molecular formula is C22H17N3OS. The Kier molecular flexibility index (Phi) is 3.87. The summed E-state index contributed by atoms with van der Waals surface area (Å²) in [5, 5.41) is 4.15. The van der Waals surface area contributed by atoms with Crippen molar-refractivity contribution in [1.29, 1.82) is 0 Å². The zero-order chi connectivity index (χ0) is 18.2. The van der Waals surface area contributed by atoms with Crippen molar-refractivity contribution < 1.29 is 4.79 Å². The Morgan fingerprint density at radius 3 is 2.89 bits per heavy atom. The molecule has 5 rings (SSSR count). The summed E-state index contributed by atoms with van der Waals surface area (Å²) in [6, 6.07) is 16.5. The van der Waals surface area contributed by atoms with Gasteiger partial charge in [-0.1, -0.05) is 18.2 Å². The van der Waals surface area contributed by atoms with Gasteiger partial charge in [0.2, 0.25) is 0 Å². The van der Waals surface area contributed by atoms with E-state index in [1.807, 2.05) is 24.3 Å². The number of carbonyl (C=O) groups is 1. The lowest BCUT2D eigenvalue weighted by Crippen LogP contribution is -2.31. The number of amides is 1. The second-order valence-corrected chi connectivity index (χ2v) is 7.69. The predicted molar refractivity (Wildman–Crippen MR) is 111 cm³/mol. The van der Waals surface area contributed by atoms with Gasteiger partial charge in [-0.15, -0.1) is 11.3 Å². The summed E-state index contributed by atoms with van der Waals surface area (Å²) < 4.78 is 1.29. The number of H-pyrrole nitrogens is 1. The summed E-state index contributed by atoms with van der Waals surface area (Å²) in [4.78, 5) is 21.0. The Morgan fingerprint density at radius 1 is 1.07 bits per heavy atom. The van der Waals surface area contributed by atoms with Crippen LogP contribution in [0.5, 0.6) is 0 Å². The van der Waals surface area contributed by atoms with Gasteiger partial charge in [0.05, 0.1) is 11.3 Å². The van der Waals surface area contributed by atoms with E-state index >= 15 is 0 Å². The van der Waals surface area contributed by atoms with Gasteiger partial charge in [0.1, 0.15) is 0 Å². The summed E-state index contributed by atoms with van der Waals surface area (Å²) >= 11 is 1.77. The molecule has 0 saturated heterocycles. The maximum Gasteiger partial charge on any atom is 0.253 e. The zero-order valence-corrected chi connectivity index (χ0v) is 15.3. The minimum absolute atomic E-state index is 0.00214. The first-order valence-electron chi connectivity index (χ1n) is 8.89. The maximum atomic E-state index is 12.0. The highest BCUT2D eigenvalue weighted by atomic mass is 32.1. The second-order valence-electron chi connectivity index (χ2n) is 6.57. The predicted octanol–water partition coefficient (Wildman–Crippen LogP) is 4.75. The SMILES string of the molecule is O=C1NCCc2[nH]c(-c3ccnc(/C=C\c4cc5ccccc5s4)c3)cc21. The van der Waals surface area contributed by atoms with Crippen LogP contribution in [0.4, 0.5) is 0 Å². The molecule has 1 amide bonds. The molecule has 4 aromatic rings. The first-order valence-corrected chi connectivity index (χ1v) is 9.71. The normalized spacial score (nSPS) is 13.9. The number of aromatic nitrogens is 2. The Labute approximate surface area is 160 Å². The van der Waals surface area contributed by atoms with Crippen LogP contribution in [0.3, 0.4) is 0 Å². The number of nitrogens with zero attached hydrogens (tertiary/aromatic N) is 1. The van der Waals surface area contributed by atoms with Crippen molar-refractivity contribution >= 4 is 39.5 Å². The van der Waals surface area contributed by atoms with Crippen molar-refractivity contribution in [3.63, 3.8) is 0 Å². The van der Waals surface area contributed by atoms with E-state index in [0.717, 1.165) is 34.6 Å². The molecule has 0 aliphatic carbocycles. The van der Waals surface area contributed by atoms with Crippen LogP contribution in [-0.2, 0) is 6.42 Å². The number of thiophene rings is 1. The third kappa shape index (κ3) is 3.06. The highest BCUT2D eigenvalue weighted by Crippen LogP contribution is 2.27. The molecule has 4 nitrogen and oxygen atoms in total. The lowest BCUT2D eigenvalue weighted by atomic mass is 10.1. The summed E-state index contributed by atoms with van der Waals surface area (Å²) in [5.74, 6) is -0.00214. The lowest BCUT2D eigenvalue weighted by molar-refractivity contribution is 0.0946. The number of hydrogen-bond acceptors (Lipinski definition) is 3. The molecule has 0 spiro atoms. The van der Waals surface area contributed by atoms with Crippen molar-refractivity contribution in [3.8, 4) is 11.3 Å². The number of aromatic amines is 1. The van der Waals surface area contributed by atoms with Crippen molar-refractivity contribution in [2.75, 3.05) is 6.54 Å². The standard InChI is InChI=1S/C22H17N3OS/c26-22-18-13-20(25-19(18)8-10-24-22)14-7-9-23-16(11-14)5-6-17-12-15-3-1-2-4-21(15)27-17/h1-7,9,11-13,25H,8,10H2,(H,24,26)/b6-5-. The molecule has 5 heteroatoms. The molecule has 0 radical (unpaired) electrons. The van der Waals surface area contributed by atoms with Gasteiger partial charge in [0, 0.05) is 45.7 Å². The van der Waals surface area contributed by atoms with Gasteiger partial charge < -0.3 is 10.3 Å². The van der Waals surface area contributed by atoms with Crippen LogP contribution >= 0.6 is 11.3 Å². The zero-order valence-electron chi connectivity index (χ0n) is 14.5. The van der Waals surface area contributed by atoms with Crippen molar-refractivity contribution in [1.82, 2.24) is 15.3 Å². The summed E-state index contributed by atoms with van der Waals surface area (Å²) in [6.45, 7) is 0.686. The molecule has 0 bridgehead atoms. The van der Waals surface area contributed by atoms with E-state index in [9.17, 15) is 4.79 Å². The molecule has 1 aliphatic heterocycles. The van der Waals surface area contributed by atoms with Gasteiger partial charge in [0.15, 0.2) is 0 Å². The average molecular weight is 371 g/mol. The number of nitrogens with one attached hydrogen (secondary N) is 2. The molecule has 1 aliphatic rings. The second kappa shape index (κ2) is 6.52. The third-order valence-corrected chi connectivity index (χ3v) is 5.84. The lowest BCUT2D eigenvalue weighted by Gasteiger charge is -2.10. The molecular weight excluding hydrogens is 354 g/mol. The van der Waals surface area contributed by atoms with E-state index < -0.39 is 0 Å². The molecule has 3 aromatic heterocycles. The van der Waals surface area contributed by atoms with Gasteiger partial charge in [-0.25, -0.2) is 0 Å². The molecule has 0 unspecified atom stereocenters. The number of fused-ring (bicyclic) bond motifs is 2. The summed E-state index contributed by atoms with van der Waals surface area (Å²) in [7, 11) is 0. The van der Waals surface area contributed by atoms with Crippen LogP contribution in [-0.4, -0.2) is 22.4 Å². The number of rotatable bonds is 3. The van der Waals surface area contributed by atoms with Gasteiger partial charge in [-0.2, -0.15) is 0 Å². The van der Waals surface area contributed by atoms with Crippen LogP contribution in [0.15, 0.2) is 54.7 Å². The fraction of sp³-hybridized carbons (Fsp3) is 0.0909. The fourth-order valence-electron chi connectivity index (χ4n) is 3.41. The quantitative estimate of drug-likeness (QED) is 0.546. The van der Waals surface area contributed by atoms with Crippen LogP contribution in [0.25, 0.3) is 33.5 Å². The molecule has 0 fully saturated rings. The van der Waals surface area contributed by atoms with Gasteiger partial charge in [-0.05, 0) is 47.9 Å². The number of pyridine rings is 1. The Balaban J connectivity index is 1.44. The van der Waals surface area contributed by atoms with Crippen molar-refractivity contribution in [2.45, 2.75) is 6.42 Å². The molecule has 4 heterocycles. The minimum atomic E-state index is -0.00214. The van der Waals surface area contributed by atoms with E-state index in [1.54, 1.807) is 17.5 Å². The smallest absolute Gasteiger partial charge is 0.253 e. The monoisotopic (exact) mass is 371 g/mol. The summed E-state index contributed by atoms with van der Waals surface area (Å²) in [5.41, 5.74) is 4.63. The van der Waals surface area contributed by atoms with Gasteiger partial charge >= 0.3 is 0 Å². The Bertz CT molecular complexity index is 1150. The molecule has 132 valence electrons. The first kappa shape index (κ1) is 16.0. The first-order chi connectivity index (χ1) is 13.3. The molecule has 1 aromatic carbocycles. The van der Waals surface area contributed by atoms with Crippen LogP contribution in [0.1, 0.15) is 26.6 Å². The van der Waals surface area contributed by atoms with Gasteiger partial charge in [0.25, 0.3) is 5.91 Å². The number of hydrogen-bond donors (Lipinski definition) is 2. The van der Waals surface area contributed by atoms with E-state index in [4.69, 9.17) is 0 Å². The Morgan fingerprint density at radius 2 is 2.00 bits per heavy atom. The van der Waals surface area contributed by atoms with E-state index in [2.05, 4.69) is 51.7 Å². The number of carbonyl (C=O) groups excluding carboxylic acids is 1. The largest absolute Gasteiger partial charge is 0.358 e. The number of benzene rings is 1. The topological polar surface area (TPSA) is 57.8 Å². The van der Waals surface area contributed by atoms with E-state index in [-0.39, 0.29) is 5.91 Å². The molecule has 0 saturated carbocycles. The van der Waals surface area contributed by atoms with Crippen LogP contribution < -0.4 is 5.32 Å². The summed E-state index contributed by atoms with van der Waals surface area (Å²) in [6.07, 6.45) is 6.78. The highest BCUT2D eigenvalue weighted by Gasteiger charge is 2.19. The molecule has 0 atom stereocenters. The van der Waals surface area contributed by atoms with Gasteiger partial charge in [-0.3, -0.25) is 9.78 Å².